The molecule has 0 aliphatic rings. The van der Waals surface area contributed by atoms with Gasteiger partial charge >= 0.3 is 0 Å². The molecule has 0 saturated carbocycles. The van der Waals surface area contributed by atoms with Gasteiger partial charge in [-0.15, -0.1) is 11.3 Å². The lowest BCUT2D eigenvalue weighted by atomic mass is 10.1. The minimum absolute atomic E-state index is 0.296. The summed E-state index contributed by atoms with van der Waals surface area (Å²) in [7, 11) is 0. The van der Waals surface area contributed by atoms with Crippen molar-refractivity contribution in [1.29, 1.82) is 0 Å². The van der Waals surface area contributed by atoms with Crippen LogP contribution < -0.4 is 16.6 Å². The number of nitrogens with two attached hydrogens (primary N) is 1. The molecule has 1 atom stereocenters. The van der Waals surface area contributed by atoms with Gasteiger partial charge in [0.1, 0.15) is 16.7 Å². The van der Waals surface area contributed by atoms with Crippen LogP contribution in [0, 0.1) is 27.7 Å². The second kappa shape index (κ2) is 8.32. The lowest BCUT2D eigenvalue weighted by molar-refractivity contribution is -0.118. The Bertz CT molecular complexity index is 1460. The van der Waals surface area contributed by atoms with Gasteiger partial charge in [0.25, 0.3) is 11.5 Å². The molecule has 0 spiro atoms. The zero-order chi connectivity index (χ0) is 24.0. The van der Waals surface area contributed by atoms with E-state index in [0.29, 0.717) is 16.2 Å². The molecule has 4 aromatic rings. The van der Waals surface area contributed by atoms with Crippen LogP contribution >= 0.6 is 11.3 Å². The van der Waals surface area contributed by atoms with Crippen LogP contribution in [-0.4, -0.2) is 26.2 Å². The average Bonchev–Trinajstić information content (AvgIpc) is 3.24. The number of pyridine rings is 1. The third-order valence-electron chi connectivity index (χ3n) is 5.87. The summed E-state index contributed by atoms with van der Waals surface area (Å²) < 4.78 is 3.14. The first-order chi connectivity index (χ1) is 15.6. The van der Waals surface area contributed by atoms with Gasteiger partial charge in [0.15, 0.2) is 0 Å². The number of nitrogens with zero attached hydrogens (tertiary/aromatic N) is 3. The molecule has 3 heterocycles. The number of carbonyl (C=O) groups is 2. The Hall–Kier alpha value is -3.72. The van der Waals surface area contributed by atoms with Crippen LogP contribution in [-0.2, 0) is 4.79 Å². The summed E-state index contributed by atoms with van der Waals surface area (Å²) in [5.74, 6) is -1.03. The highest BCUT2D eigenvalue weighted by Gasteiger charge is 2.26. The van der Waals surface area contributed by atoms with Gasteiger partial charge in [-0.05, 0) is 57.9 Å². The van der Waals surface area contributed by atoms with Crippen molar-refractivity contribution in [3.63, 3.8) is 0 Å². The summed E-state index contributed by atoms with van der Waals surface area (Å²) in [6.45, 7) is 9.05. The fraction of sp³-hybridized carbons (Fsp3) is 0.250. The summed E-state index contributed by atoms with van der Waals surface area (Å²) >= 11 is 1.29. The lowest BCUT2D eigenvalue weighted by Crippen LogP contribution is -2.33. The molecule has 3 N–H and O–H groups in total. The predicted octanol–water partition coefficient (Wildman–Crippen LogP) is 3.78. The van der Waals surface area contributed by atoms with E-state index in [-0.39, 0.29) is 5.56 Å². The van der Waals surface area contributed by atoms with Crippen LogP contribution in [0.1, 0.15) is 45.0 Å². The van der Waals surface area contributed by atoms with Gasteiger partial charge in [0.05, 0.1) is 16.9 Å². The number of aryl methyl sites for hydroxylation is 3. The molecule has 0 bridgehead atoms. The number of hydrogen-bond donors (Lipinski definition) is 2. The van der Waals surface area contributed by atoms with E-state index in [1.165, 1.54) is 22.0 Å². The zero-order valence-corrected chi connectivity index (χ0v) is 19.9. The van der Waals surface area contributed by atoms with Crippen molar-refractivity contribution in [1.82, 2.24) is 14.3 Å². The molecule has 0 fully saturated rings. The smallest absolute Gasteiger partial charge is 0.253 e. The van der Waals surface area contributed by atoms with E-state index in [4.69, 9.17) is 5.73 Å². The summed E-state index contributed by atoms with van der Waals surface area (Å²) in [6, 6.07) is 10.1. The summed E-state index contributed by atoms with van der Waals surface area (Å²) in [6.07, 6.45) is 0. The monoisotopic (exact) mass is 463 g/mol. The van der Waals surface area contributed by atoms with Crippen molar-refractivity contribution in [2.45, 2.75) is 40.7 Å². The molecule has 0 saturated heterocycles. The third kappa shape index (κ3) is 3.74. The number of carbonyl (C=O) groups excluding carboxylic acids is 2. The summed E-state index contributed by atoms with van der Waals surface area (Å²) in [5, 5.41) is 8.69. The van der Waals surface area contributed by atoms with Crippen LogP contribution in [0.4, 0.5) is 5.00 Å². The van der Waals surface area contributed by atoms with Crippen LogP contribution in [0.3, 0.4) is 0 Å². The molecule has 170 valence electrons. The molecule has 33 heavy (non-hydrogen) atoms. The molecular formula is C24H25N5O3S. The second-order valence-corrected chi connectivity index (χ2v) is 9.31. The Morgan fingerprint density at radius 2 is 1.79 bits per heavy atom. The van der Waals surface area contributed by atoms with Crippen molar-refractivity contribution < 1.29 is 9.59 Å². The fourth-order valence-electron chi connectivity index (χ4n) is 4.10. The number of nitrogens with one attached hydrogen (secondary N) is 1. The Morgan fingerprint density at radius 1 is 1.12 bits per heavy atom. The normalized spacial score (nSPS) is 12.2. The van der Waals surface area contributed by atoms with E-state index in [1.54, 1.807) is 18.5 Å². The number of rotatable bonds is 5. The molecule has 3 aromatic heterocycles. The molecule has 0 aliphatic carbocycles. The predicted molar refractivity (Wildman–Crippen MR) is 130 cm³/mol. The maximum absolute atomic E-state index is 13.3. The molecule has 0 aliphatic heterocycles. The minimum Gasteiger partial charge on any atom is -0.365 e. The zero-order valence-electron chi connectivity index (χ0n) is 19.1. The number of aromatic nitrogens is 3. The van der Waals surface area contributed by atoms with E-state index in [9.17, 15) is 14.4 Å². The van der Waals surface area contributed by atoms with E-state index in [0.717, 1.165) is 32.8 Å². The van der Waals surface area contributed by atoms with Gasteiger partial charge in [-0.2, -0.15) is 5.10 Å². The lowest BCUT2D eigenvalue weighted by Gasteiger charge is -2.18. The average molecular weight is 464 g/mol. The molecule has 2 amide bonds. The standard InChI is InChI=1S/C24H25N5O3S/c1-12-11-18(30)28(24-19(12)14(3)27-29(24)17-9-7-6-8-10-17)15(4)22(32)26-23-20(21(25)31)13(2)16(5)33-23/h6-11,15H,1-5H3,(H2,25,31)(H,26,32). The molecule has 4 rings (SSSR count). The number of thiophene rings is 1. The number of hydrogen-bond acceptors (Lipinski definition) is 5. The topological polar surface area (TPSA) is 112 Å². The van der Waals surface area contributed by atoms with E-state index in [2.05, 4.69) is 10.4 Å². The van der Waals surface area contributed by atoms with Gasteiger partial charge in [-0.1, -0.05) is 18.2 Å². The second-order valence-electron chi connectivity index (χ2n) is 8.08. The first-order valence-corrected chi connectivity index (χ1v) is 11.3. The van der Waals surface area contributed by atoms with Crippen LogP contribution in [0.15, 0.2) is 41.2 Å². The van der Waals surface area contributed by atoms with Gasteiger partial charge in [-0.3, -0.25) is 19.0 Å². The Kier molecular flexibility index (Phi) is 5.67. The third-order valence-corrected chi connectivity index (χ3v) is 6.99. The number of fused-ring (bicyclic) bond motifs is 1. The molecular weight excluding hydrogens is 438 g/mol. The highest BCUT2D eigenvalue weighted by atomic mass is 32.1. The number of benzene rings is 1. The van der Waals surface area contributed by atoms with Crippen LogP contribution in [0.25, 0.3) is 16.7 Å². The quantitative estimate of drug-likeness (QED) is 0.469. The number of para-hydroxylation sites is 1. The maximum Gasteiger partial charge on any atom is 0.253 e. The van der Waals surface area contributed by atoms with Gasteiger partial charge in [0.2, 0.25) is 5.91 Å². The summed E-state index contributed by atoms with van der Waals surface area (Å²) in [4.78, 5) is 39.3. The number of amides is 2. The van der Waals surface area contributed by atoms with Gasteiger partial charge < -0.3 is 11.1 Å². The molecule has 8 nitrogen and oxygen atoms in total. The van der Waals surface area contributed by atoms with E-state index in [1.807, 2.05) is 51.1 Å². The van der Waals surface area contributed by atoms with Crippen molar-refractivity contribution in [3.05, 3.63) is 74.0 Å². The number of primary amides is 1. The highest BCUT2D eigenvalue weighted by Crippen LogP contribution is 2.33. The van der Waals surface area contributed by atoms with E-state index < -0.39 is 17.9 Å². The first kappa shape index (κ1) is 22.5. The van der Waals surface area contributed by atoms with Crippen molar-refractivity contribution >= 4 is 39.2 Å². The van der Waals surface area contributed by atoms with Crippen LogP contribution in [0.5, 0.6) is 0 Å². The molecule has 9 heteroatoms. The molecule has 0 radical (unpaired) electrons. The maximum atomic E-state index is 13.3. The SMILES string of the molecule is Cc1sc(NC(=O)C(C)n2c(=O)cc(C)c3c(C)nn(-c4ccccc4)c32)c(C(N)=O)c1C. The van der Waals surface area contributed by atoms with Gasteiger partial charge in [0, 0.05) is 16.3 Å². The minimum atomic E-state index is -0.873. The summed E-state index contributed by atoms with van der Waals surface area (Å²) in [5.41, 5.74) is 9.14. The van der Waals surface area contributed by atoms with Crippen molar-refractivity contribution in [2.75, 3.05) is 5.32 Å². The van der Waals surface area contributed by atoms with E-state index >= 15 is 0 Å². The Labute approximate surface area is 194 Å². The Morgan fingerprint density at radius 3 is 2.42 bits per heavy atom. The van der Waals surface area contributed by atoms with Crippen LogP contribution in [0.2, 0.25) is 0 Å². The highest BCUT2D eigenvalue weighted by molar-refractivity contribution is 7.16. The molecule has 1 aromatic carbocycles. The van der Waals surface area contributed by atoms with Crippen molar-refractivity contribution in [2.24, 2.45) is 5.73 Å². The Balaban J connectivity index is 1.86. The largest absolute Gasteiger partial charge is 0.365 e. The van der Waals surface area contributed by atoms with Gasteiger partial charge in [-0.25, -0.2) is 4.68 Å². The molecule has 1 unspecified atom stereocenters. The number of anilines is 1. The van der Waals surface area contributed by atoms with Crippen molar-refractivity contribution in [3.8, 4) is 5.69 Å². The first-order valence-electron chi connectivity index (χ1n) is 10.5. The fourth-order valence-corrected chi connectivity index (χ4v) is 5.17.